The molecule has 0 aliphatic rings. The van der Waals surface area contributed by atoms with Crippen molar-refractivity contribution in [2.24, 2.45) is 0 Å². The lowest BCUT2D eigenvalue weighted by molar-refractivity contribution is -0.474. The summed E-state index contributed by atoms with van der Waals surface area (Å²) in [6.45, 7) is 1.87. The van der Waals surface area contributed by atoms with Crippen molar-refractivity contribution in [3.63, 3.8) is 0 Å². The van der Waals surface area contributed by atoms with Crippen molar-refractivity contribution >= 4 is 16.9 Å². The van der Waals surface area contributed by atoms with E-state index in [1.165, 1.54) is 4.85 Å². The van der Waals surface area contributed by atoms with Crippen LogP contribution in [0.3, 0.4) is 0 Å². The molecule has 0 saturated carbocycles. The van der Waals surface area contributed by atoms with Crippen LogP contribution in [0, 0.1) is 0 Å². The van der Waals surface area contributed by atoms with E-state index >= 15 is 0 Å². The van der Waals surface area contributed by atoms with Gasteiger partial charge in [-0.05, 0) is 17.3 Å². The third-order valence-corrected chi connectivity index (χ3v) is 2.17. The Bertz CT molecular complexity index is 511. The van der Waals surface area contributed by atoms with Crippen molar-refractivity contribution in [1.29, 1.82) is 0 Å². The summed E-state index contributed by atoms with van der Waals surface area (Å²) in [5.41, 5.74) is 1.68. The summed E-state index contributed by atoms with van der Waals surface area (Å²) in [6, 6.07) is 7.66. The first-order valence-corrected chi connectivity index (χ1v) is 4.68. The second-order valence-corrected chi connectivity index (χ2v) is 3.46. The zero-order chi connectivity index (χ0) is 10.8. The predicted octanol–water partition coefficient (Wildman–Crippen LogP) is 0.550. The first-order valence-electron chi connectivity index (χ1n) is 4.68. The Labute approximate surface area is 87.5 Å². The molecule has 0 unspecified atom stereocenters. The molecule has 0 saturated heterocycles. The molecule has 0 N–H and O–H groups in total. The van der Waals surface area contributed by atoms with Gasteiger partial charge in [0.05, 0.1) is 6.92 Å². The molecule has 78 valence electrons. The van der Waals surface area contributed by atoms with Gasteiger partial charge < -0.3 is 0 Å². The molecule has 0 bridgehead atoms. The summed E-state index contributed by atoms with van der Waals surface area (Å²) >= 11 is 0. The molecule has 0 aliphatic carbocycles. The average Bonchev–Trinajstić information content (AvgIpc) is 2.62. The third-order valence-electron chi connectivity index (χ3n) is 2.17. The van der Waals surface area contributed by atoms with Gasteiger partial charge in [-0.3, -0.25) is 4.84 Å². The highest BCUT2D eigenvalue weighted by Crippen LogP contribution is 2.07. The lowest BCUT2D eigenvalue weighted by atomic mass is 10.3. The summed E-state index contributed by atoms with van der Waals surface area (Å²) in [4.78, 5) is 6.94. The van der Waals surface area contributed by atoms with Crippen LogP contribution in [0.15, 0.2) is 24.3 Å². The van der Waals surface area contributed by atoms with E-state index < -0.39 is 0 Å². The van der Waals surface area contributed by atoms with E-state index in [0.717, 1.165) is 16.9 Å². The maximum Gasteiger partial charge on any atom is 0.360 e. The highest BCUT2D eigenvalue weighted by atomic mass is 16.7. The van der Waals surface area contributed by atoms with Gasteiger partial charge in [0.2, 0.25) is 0 Å². The van der Waals surface area contributed by atoms with Crippen molar-refractivity contribution in [2.45, 2.75) is 6.92 Å². The Hall–Kier alpha value is -1.91. The number of rotatable bonds is 1. The molecule has 1 aromatic carbocycles. The van der Waals surface area contributed by atoms with Crippen LogP contribution in [-0.4, -0.2) is 39.7 Å². The summed E-state index contributed by atoms with van der Waals surface area (Å²) in [6.07, 6.45) is 0. The minimum atomic E-state index is 0.755. The predicted molar refractivity (Wildman–Crippen MR) is 56.9 cm³/mol. The normalized spacial score (nSPS) is 10.3. The molecule has 0 fully saturated rings. The van der Waals surface area contributed by atoms with Crippen LogP contribution < -0.4 is 4.84 Å². The summed E-state index contributed by atoms with van der Waals surface area (Å²) in [5.74, 6) is 0.755. The molecule has 1 aromatic heterocycles. The lowest BCUT2D eigenvalue weighted by Gasteiger charge is -2.00. The maximum atomic E-state index is 5.51. The van der Waals surface area contributed by atoms with Crippen molar-refractivity contribution in [1.82, 2.24) is 15.2 Å². The molecule has 5 heteroatoms. The second kappa shape index (κ2) is 3.68. The van der Waals surface area contributed by atoms with Gasteiger partial charge in [0, 0.05) is 0 Å². The number of aromatic nitrogens is 3. The van der Waals surface area contributed by atoms with E-state index in [1.807, 2.05) is 49.9 Å². The fourth-order valence-electron chi connectivity index (χ4n) is 1.12. The van der Waals surface area contributed by atoms with Crippen molar-refractivity contribution in [2.75, 3.05) is 14.1 Å². The van der Waals surface area contributed by atoms with Gasteiger partial charge in [-0.15, -0.1) is 5.10 Å². The lowest BCUT2D eigenvalue weighted by Crippen LogP contribution is -2.25. The van der Waals surface area contributed by atoms with Crippen LogP contribution in [-0.2, 0) is 0 Å². The van der Waals surface area contributed by atoms with Crippen molar-refractivity contribution < 1.29 is 9.41 Å². The summed E-state index contributed by atoms with van der Waals surface area (Å²) in [7, 11) is 3.82. The van der Waals surface area contributed by atoms with E-state index in [9.17, 15) is 0 Å². The quantitative estimate of drug-likeness (QED) is 0.388. The minimum Gasteiger partial charge on any atom is -0.297 e. The van der Waals surface area contributed by atoms with Gasteiger partial charge >= 0.3 is 5.90 Å². The van der Waals surface area contributed by atoms with Crippen LogP contribution in [0.5, 0.6) is 0 Å². The Morgan fingerprint density at radius 2 is 2.07 bits per heavy atom. The van der Waals surface area contributed by atoms with Crippen LogP contribution >= 0.6 is 0 Å². The van der Waals surface area contributed by atoms with Crippen LogP contribution in [0.4, 0.5) is 0 Å². The highest BCUT2D eigenvalue weighted by Gasteiger charge is 2.08. The fraction of sp³-hybridized carbons (Fsp3) is 0.300. The van der Waals surface area contributed by atoms with Gasteiger partial charge in [0.15, 0.2) is 0 Å². The maximum absolute atomic E-state index is 5.51. The third kappa shape index (κ3) is 1.81. The number of hydrogen-bond donors (Lipinski definition) is 0. The van der Waals surface area contributed by atoms with Gasteiger partial charge in [-0.1, -0.05) is 17.0 Å². The zero-order valence-electron chi connectivity index (χ0n) is 9.01. The van der Waals surface area contributed by atoms with Crippen molar-refractivity contribution in [3.05, 3.63) is 24.3 Å². The first-order chi connectivity index (χ1) is 7.18. The number of para-hydroxylation sites is 1. The number of benzene rings is 1. The summed E-state index contributed by atoms with van der Waals surface area (Å²) in [5, 5.41) is 7.90. The van der Waals surface area contributed by atoms with E-state index in [-0.39, 0.29) is 0 Å². The monoisotopic (exact) mass is 205 g/mol. The molecule has 0 aliphatic heterocycles. The molecular weight excluding hydrogens is 192 g/mol. The minimum absolute atomic E-state index is 0.755. The fourth-order valence-corrected chi connectivity index (χ4v) is 1.12. The van der Waals surface area contributed by atoms with Crippen molar-refractivity contribution in [3.8, 4) is 0 Å². The highest BCUT2D eigenvalue weighted by molar-refractivity contribution is 5.75. The molecule has 0 amide bonds. The van der Waals surface area contributed by atoms with Crippen LogP contribution in [0.2, 0.25) is 0 Å². The molecule has 2 rings (SSSR count). The molecule has 0 radical (unpaired) electrons. The Morgan fingerprint density at radius 3 is 2.80 bits per heavy atom. The molecule has 1 heterocycles. The molecule has 0 atom stereocenters. The Balaban J connectivity index is 2.41. The standard InChI is InChI=1S/C10H13N4O/c1-8(13(2)3)15-14-10-7-5-4-6-9(10)11-12-14/h4-7H,1-3H3/q+1. The molecule has 0 spiro atoms. The smallest absolute Gasteiger partial charge is 0.297 e. The average molecular weight is 205 g/mol. The topological polar surface area (TPSA) is 42.9 Å². The largest absolute Gasteiger partial charge is 0.360 e. The van der Waals surface area contributed by atoms with E-state index in [2.05, 4.69) is 10.3 Å². The molecule has 15 heavy (non-hydrogen) atoms. The Morgan fingerprint density at radius 1 is 1.33 bits per heavy atom. The van der Waals surface area contributed by atoms with Gasteiger partial charge in [0.25, 0.3) is 0 Å². The summed E-state index contributed by atoms with van der Waals surface area (Å²) < 4.78 is 1.87. The second-order valence-electron chi connectivity index (χ2n) is 3.46. The van der Waals surface area contributed by atoms with Gasteiger partial charge in [0.1, 0.15) is 25.1 Å². The van der Waals surface area contributed by atoms with Gasteiger partial charge in [-0.25, -0.2) is 4.58 Å². The van der Waals surface area contributed by atoms with Crippen LogP contribution in [0.25, 0.3) is 11.0 Å². The van der Waals surface area contributed by atoms with Gasteiger partial charge in [-0.2, -0.15) is 0 Å². The van der Waals surface area contributed by atoms with Crippen LogP contribution in [0.1, 0.15) is 6.92 Å². The SMILES string of the molecule is CC(On1nnc2ccccc21)=[N+](C)C. The molecule has 2 aromatic rings. The first kappa shape index (κ1) is 9.64. The zero-order valence-corrected chi connectivity index (χ0v) is 9.01. The van der Waals surface area contributed by atoms with E-state index in [0.29, 0.717) is 0 Å². The molecular formula is C10H13N4O+. The van der Waals surface area contributed by atoms with E-state index in [1.54, 1.807) is 0 Å². The number of nitrogens with zero attached hydrogens (tertiary/aromatic N) is 4. The Kier molecular flexibility index (Phi) is 2.37. The van der Waals surface area contributed by atoms with E-state index in [4.69, 9.17) is 4.84 Å². The number of hydrogen-bond acceptors (Lipinski definition) is 3. The number of fused-ring (bicyclic) bond motifs is 1. The molecule has 5 nitrogen and oxygen atoms in total.